The number of hydrogen-bond donors (Lipinski definition) is 0. The van der Waals surface area contributed by atoms with Crippen molar-refractivity contribution in [3.63, 3.8) is 0 Å². The van der Waals surface area contributed by atoms with Crippen molar-refractivity contribution < 1.29 is 8.78 Å². The molecule has 0 spiro atoms. The Morgan fingerprint density at radius 1 is 1.27 bits per heavy atom. The van der Waals surface area contributed by atoms with E-state index in [-0.39, 0.29) is 12.3 Å². The average Bonchev–Trinajstić information content (AvgIpc) is 2.52. The standard InChI is InChI=1S/C9H16F2/c1-2-3-4-5-6-8-7-9(8,10)11/h8H,2-7H2,1H3. The maximum atomic E-state index is 12.3. The number of alkyl halides is 2. The minimum atomic E-state index is -2.29. The van der Waals surface area contributed by atoms with Crippen LogP contribution in [0.2, 0.25) is 0 Å². The molecular weight excluding hydrogens is 146 g/mol. The van der Waals surface area contributed by atoms with Crippen molar-refractivity contribution >= 4 is 0 Å². The molecule has 0 nitrogen and oxygen atoms in total. The molecule has 1 unspecified atom stereocenters. The molecule has 1 aliphatic carbocycles. The molecule has 0 radical (unpaired) electrons. The van der Waals surface area contributed by atoms with Gasteiger partial charge in [0.15, 0.2) is 0 Å². The summed E-state index contributed by atoms with van der Waals surface area (Å²) in [6.45, 7) is 2.13. The molecule has 66 valence electrons. The Morgan fingerprint density at radius 2 is 1.91 bits per heavy atom. The lowest BCUT2D eigenvalue weighted by Gasteiger charge is -1.97. The molecule has 0 aromatic rings. The molecule has 0 N–H and O–H groups in total. The maximum Gasteiger partial charge on any atom is 0.251 e. The van der Waals surface area contributed by atoms with E-state index in [1.807, 2.05) is 0 Å². The van der Waals surface area contributed by atoms with Gasteiger partial charge < -0.3 is 0 Å². The van der Waals surface area contributed by atoms with E-state index in [1.54, 1.807) is 0 Å². The third kappa shape index (κ3) is 2.76. The quantitative estimate of drug-likeness (QED) is 0.542. The molecule has 1 saturated carbocycles. The molecule has 11 heavy (non-hydrogen) atoms. The van der Waals surface area contributed by atoms with Crippen LogP contribution >= 0.6 is 0 Å². The largest absolute Gasteiger partial charge is 0.251 e. The van der Waals surface area contributed by atoms with Crippen LogP contribution in [-0.4, -0.2) is 5.92 Å². The summed E-state index contributed by atoms with van der Waals surface area (Å²) >= 11 is 0. The second kappa shape index (κ2) is 3.51. The van der Waals surface area contributed by atoms with E-state index in [0.29, 0.717) is 0 Å². The molecule has 0 saturated heterocycles. The van der Waals surface area contributed by atoms with E-state index in [1.165, 1.54) is 12.8 Å². The van der Waals surface area contributed by atoms with Crippen LogP contribution in [0.4, 0.5) is 8.78 Å². The smallest absolute Gasteiger partial charge is 0.207 e. The highest BCUT2D eigenvalue weighted by Gasteiger charge is 2.55. The van der Waals surface area contributed by atoms with Crippen molar-refractivity contribution in [3.05, 3.63) is 0 Å². The molecule has 0 heterocycles. The highest BCUT2D eigenvalue weighted by Crippen LogP contribution is 2.51. The van der Waals surface area contributed by atoms with Crippen LogP contribution in [0.15, 0.2) is 0 Å². The van der Waals surface area contributed by atoms with Crippen molar-refractivity contribution in [2.75, 3.05) is 0 Å². The van der Waals surface area contributed by atoms with E-state index >= 15 is 0 Å². The molecule has 0 aliphatic heterocycles. The first-order chi connectivity index (χ1) is 5.17. The summed E-state index contributed by atoms with van der Waals surface area (Å²) < 4.78 is 24.6. The van der Waals surface area contributed by atoms with Gasteiger partial charge in [-0.05, 0) is 6.42 Å². The molecule has 1 fully saturated rings. The van der Waals surface area contributed by atoms with Crippen LogP contribution in [0.25, 0.3) is 0 Å². The highest BCUT2D eigenvalue weighted by molar-refractivity contribution is 4.94. The zero-order valence-corrected chi connectivity index (χ0v) is 7.08. The third-order valence-corrected chi connectivity index (χ3v) is 2.36. The van der Waals surface area contributed by atoms with Gasteiger partial charge in [-0.1, -0.05) is 32.6 Å². The van der Waals surface area contributed by atoms with Gasteiger partial charge in [0.05, 0.1) is 0 Å². The normalized spacial score (nSPS) is 27.0. The van der Waals surface area contributed by atoms with E-state index in [4.69, 9.17) is 0 Å². The average molecular weight is 162 g/mol. The zero-order chi connectivity index (χ0) is 8.32. The minimum Gasteiger partial charge on any atom is -0.207 e. The number of hydrogen-bond acceptors (Lipinski definition) is 0. The zero-order valence-electron chi connectivity index (χ0n) is 7.08. The Bertz CT molecular complexity index is 121. The maximum absolute atomic E-state index is 12.3. The fourth-order valence-electron chi connectivity index (χ4n) is 1.40. The van der Waals surface area contributed by atoms with Gasteiger partial charge in [-0.3, -0.25) is 0 Å². The van der Waals surface area contributed by atoms with Crippen molar-refractivity contribution in [2.24, 2.45) is 5.92 Å². The molecule has 0 amide bonds. The molecule has 0 bridgehead atoms. The van der Waals surface area contributed by atoms with Crippen molar-refractivity contribution in [3.8, 4) is 0 Å². The molecule has 0 aromatic carbocycles. The Kier molecular flexibility index (Phi) is 2.85. The fourth-order valence-corrected chi connectivity index (χ4v) is 1.40. The van der Waals surface area contributed by atoms with Gasteiger partial charge in [-0.2, -0.15) is 0 Å². The lowest BCUT2D eigenvalue weighted by atomic mass is 10.1. The molecule has 0 aromatic heterocycles. The van der Waals surface area contributed by atoms with Crippen molar-refractivity contribution in [2.45, 2.75) is 51.4 Å². The lowest BCUT2D eigenvalue weighted by Crippen LogP contribution is -1.93. The topological polar surface area (TPSA) is 0 Å². The number of halogens is 2. The first kappa shape index (κ1) is 8.95. The second-order valence-corrected chi connectivity index (χ2v) is 3.51. The van der Waals surface area contributed by atoms with Gasteiger partial charge in [0.2, 0.25) is 0 Å². The predicted octanol–water partition coefficient (Wildman–Crippen LogP) is 3.61. The molecule has 1 atom stereocenters. The highest BCUT2D eigenvalue weighted by atomic mass is 19.3. The van der Waals surface area contributed by atoms with E-state index in [0.717, 1.165) is 19.3 Å². The van der Waals surface area contributed by atoms with Gasteiger partial charge >= 0.3 is 0 Å². The van der Waals surface area contributed by atoms with Crippen LogP contribution < -0.4 is 0 Å². The van der Waals surface area contributed by atoms with Crippen LogP contribution in [-0.2, 0) is 0 Å². The SMILES string of the molecule is CCCCCCC1CC1(F)F. The van der Waals surface area contributed by atoms with E-state index in [2.05, 4.69) is 6.92 Å². The molecule has 2 heteroatoms. The first-order valence-electron chi connectivity index (χ1n) is 4.54. The summed E-state index contributed by atoms with van der Waals surface area (Å²) in [4.78, 5) is 0. The van der Waals surface area contributed by atoms with Crippen molar-refractivity contribution in [1.29, 1.82) is 0 Å². The lowest BCUT2D eigenvalue weighted by molar-refractivity contribution is 0.0964. The Hall–Kier alpha value is -0.140. The van der Waals surface area contributed by atoms with Gasteiger partial charge in [0.1, 0.15) is 0 Å². The van der Waals surface area contributed by atoms with Crippen LogP contribution in [0.1, 0.15) is 45.4 Å². The van der Waals surface area contributed by atoms with Crippen molar-refractivity contribution in [1.82, 2.24) is 0 Å². The Morgan fingerprint density at radius 3 is 2.36 bits per heavy atom. The fraction of sp³-hybridized carbons (Fsp3) is 1.00. The minimum absolute atomic E-state index is 0.152. The van der Waals surface area contributed by atoms with E-state index in [9.17, 15) is 8.78 Å². The monoisotopic (exact) mass is 162 g/mol. The van der Waals surface area contributed by atoms with Crippen LogP contribution in [0.3, 0.4) is 0 Å². The van der Waals surface area contributed by atoms with Crippen LogP contribution in [0, 0.1) is 5.92 Å². The summed E-state index contributed by atoms with van der Waals surface area (Å²) in [5, 5.41) is 0. The van der Waals surface area contributed by atoms with E-state index < -0.39 is 5.92 Å². The first-order valence-corrected chi connectivity index (χ1v) is 4.54. The van der Waals surface area contributed by atoms with Gasteiger partial charge in [-0.15, -0.1) is 0 Å². The second-order valence-electron chi connectivity index (χ2n) is 3.51. The molecular formula is C9H16F2. The summed E-state index contributed by atoms with van der Waals surface area (Å²) in [6, 6.07) is 0. The van der Waals surface area contributed by atoms with Gasteiger partial charge in [0, 0.05) is 12.3 Å². The van der Waals surface area contributed by atoms with Gasteiger partial charge in [0.25, 0.3) is 5.92 Å². The summed E-state index contributed by atoms with van der Waals surface area (Å²) in [6.07, 6.45) is 5.39. The summed E-state index contributed by atoms with van der Waals surface area (Å²) in [5.41, 5.74) is 0. The molecule has 1 aliphatic rings. The number of rotatable bonds is 5. The molecule has 1 rings (SSSR count). The Balaban J connectivity index is 1.90. The summed E-state index contributed by atoms with van der Waals surface area (Å²) in [7, 11) is 0. The van der Waals surface area contributed by atoms with Crippen LogP contribution in [0.5, 0.6) is 0 Å². The predicted molar refractivity (Wildman–Crippen MR) is 41.8 cm³/mol. The van der Waals surface area contributed by atoms with Gasteiger partial charge in [-0.25, -0.2) is 8.78 Å². The summed E-state index contributed by atoms with van der Waals surface area (Å²) in [5.74, 6) is -2.55. The third-order valence-electron chi connectivity index (χ3n) is 2.36. The Labute approximate surface area is 67.0 Å². The number of unbranched alkanes of at least 4 members (excludes halogenated alkanes) is 3.